The fourth-order valence-electron chi connectivity index (χ4n) is 3.45. The van der Waals surface area contributed by atoms with Crippen LogP contribution in [0.3, 0.4) is 0 Å². The maximum absolute atomic E-state index is 12.6. The highest BCUT2D eigenvalue weighted by Gasteiger charge is 2.54. The van der Waals surface area contributed by atoms with Crippen LogP contribution in [0.25, 0.3) is 0 Å². The summed E-state index contributed by atoms with van der Waals surface area (Å²) in [6, 6.07) is 16.8. The van der Waals surface area contributed by atoms with Gasteiger partial charge in [0.25, 0.3) is 5.91 Å². The van der Waals surface area contributed by atoms with Gasteiger partial charge in [-0.05, 0) is 23.8 Å². The van der Waals surface area contributed by atoms with Gasteiger partial charge < -0.3 is 9.64 Å². The van der Waals surface area contributed by atoms with Gasteiger partial charge in [-0.3, -0.25) is 14.4 Å². The molecule has 2 amide bonds. The lowest BCUT2D eigenvalue weighted by Crippen LogP contribution is -2.63. The lowest BCUT2D eigenvalue weighted by molar-refractivity contribution is -0.233. The minimum Gasteiger partial charge on any atom is -0.497 e. The van der Waals surface area contributed by atoms with Crippen molar-refractivity contribution in [2.45, 2.75) is 18.6 Å². The molecule has 2 heterocycles. The largest absolute Gasteiger partial charge is 0.497 e. The molecule has 2 saturated heterocycles. The van der Waals surface area contributed by atoms with Gasteiger partial charge in [-0.25, -0.2) is 5.06 Å². The van der Waals surface area contributed by atoms with Crippen molar-refractivity contribution in [3.8, 4) is 5.75 Å². The van der Waals surface area contributed by atoms with Gasteiger partial charge in [0.15, 0.2) is 0 Å². The number of methoxy groups -OCH3 is 1. The average Bonchev–Trinajstić information content (AvgIpc) is 2.97. The number of hydroxylamine groups is 2. The molecule has 0 unspecified atom stereocenters. The number of ether oxygens (including phenoxy) is 1. The molecule has 2 aliphatic heterocycles. The van der Waals surface area contributed by atoms with E-state index >= 15 is 0 Å². The van der Waals surface area contributed by atoms with E-state index in [1.165, 1.54) is 5.06 Å². The van der Waals surface area contributed by atoms with Crippen LogP contribution in [0.2, 0.25) is 0 Å². The molecule has 0 atom stereocenters. The number of amides is 2. The van der Waals surface area contributed by atoms with Crippen LogP contribution in [0.15, 0.2) is 54.6 Å². The van der Waals surface area contributed by atoms with E-state index in [9.17, 15) is 9.59 Å². The van der Waals surface area contributed by atoms with Crippen molar-refractivity contribution in [2.75, 3.05) is 20.2 Å². The Labute approximate surface area is 151 Å². The third kappa shape index (κ3) is 3.04. The van der Waals surface area contributed by atoms with Crippen molar-refractivity contribution in [1.82, 2.24) is 9.96 Å². The molecule has 2 fully saturated rings. The second-order valence-electron chi connectivity index (χ2n) is 6.76. The molecule has 4 rings (SSSR count). The zero-order chi connectivity index (χ0) is 18.1. The van der Waals surface area contributed by atoms with Gasteiger partial charge in [-0.1, -0.05) is 36.4 Å². The second-order valence-corrected chi connectivity index (χ2v) is 6.76. The fraction of sp³-hybridized carbons (Fsp3) is 0.300. The first-order chi connectivity index (χ1) is 12.6. The Hall–Kier alpha value is -2.86. The van der Waals surface area contributed by atoms with Crippen molar-refractivity contribution >= 4 is 11.8 Å². The van der Waals surface area contributed by atoms with Crippen molar-refractivity contribution in [3.63, 3.8) is 0 Å². The summed E-state index contributed by atoms with van der Waals surface area (Å²) in [4.78, 5) is 32.5. The lowest BCUT2D eigenvalue weighted by Gasteiger charge is -2.45. The van der Waals surface area contributed by atoms with Gasteiger partial charge in [0.05, 0.1) is 33.2 Å². The summed E-state index contributed by atoms with van der Waals surface area (Å²) >= 11 is 0. The van der Waals surface area contributed by atoms with Crippen LogP contribution >= 0.6 is 0 Å². The summed E-state index contributed by atoms with van der Waals surface area (Å²) < 4.78 is 5.17. The summed E-state index contributed by atoms with van der Waals surface area (Å²) in [6.07, 6.45) is 0.307. The number of carbonyl (C=O) groups is 2. The quantitative estimate of drug-likeness (QED) is 0.847. The molecule has 1 spiro atoms. The third-order valence-electron chi connectivity index (χ3n) is 4.79. The van der Waals surface area contributed by atoms with E-state index in [0.717, 1.165) is 5.56 Å². The van der Waals surface area contributed by atoms with E-state index in [0.29, 0.717) is 37.4 Å². The number of carbonyl (C=O) groups excluding carboxylic acids is 2. The Balaban J connectivity index is 1.39. The van der Waals surface area contributed by atoms with Crippen molar-refractivity contribution in [3.05, 3.63) is 65.7 Å². The van der Waals surface area contributed by atoms with Crippen molar-refractivity contribution < 1.29 is 19.2 Å². The zero-order valence-electron chi connectivity index (χ0n) is 14.6. The monoisotopic (exact) mass is 352 g/mol. The molecule has 2 aromatic carbocycles. The first kappa shape index (κ1) is 16.6. The van der Waals surface area contributed by atoms with E-state index < -0.39 is 5.60 Å². The van der Waals surface area contributed by atoms with E-state index in [-0.39, 0.29) is 11.8 Å². The maximum atomic E-state index is 12.6. The number of benzene rings is 2. The molecular formula is C20H20N2O4. The van der Waals surface area contributed by atoms with Crippen LogP contribution in [-0.4, -0.2) is 47.6 Å². The minimum atomic E-state index is -0.583. The summed E-state index contributed by atoms with van der Waals surface area (Å²) in [7, 11) is 1.57. The number of hydrogen-bond acceptors (Lipinski definition) is 4. The highest BCUT2D eigenvalue weighted by atomic mass is 16.7. The molecule has 0 N–H and O–H groups in total. The molecule has 0 aliphatic carbocycles. The van der Waals surface area contributed by atoms with Crippen LogP contribution in [0.4, 0.5) is 0 Å². The van der Waals surface area contributed by atoms with Crippen LogP contribution in [0.1, 0.15) is 22.3 Å². The average molecular weight is 352 g/mol. The fourth-order valence-corrected chi connectivity index (χ4v) is 3.45. The Morgan fingerprint density at radius 2 is 1.92 bits per heavy atom. The zero-order valence-corrected chi connectivity index (χ0v) is 14.6. The van der Waals surface area contributed by atoms with E-state index in [4.69, 9.17) is 9.57 Å². The van der Waals surface area contributed by atoms with Gasteiger partial charge in [0.1, 0.15) is 11.4 Å². The third-order valence-corrected chi connectivity index (χ3v) is 4.79. The summed E-state index contributed by atoms with van der Waals surface area (Å²) in [5, 5.41) is 1.42. The Kier molecular flexibility index (Phi) is 4.12. The number of likely N-dealkylation sites (tertiary alicyclic amines) is 1. The predicted octanol–water partition coefficient (Wildman–Crippen LogP) is 2.25. The first-order valence-electron chi connectivity index (χ1n) is 8.55. The molecule has 2 aliphatic rings. The maximum Gasteiger partial charge on any atom is 0.254 e. The number of hydrogen-bond donors (Lipinski definition) is 0. The summed E-state index contributed by atoms with van der Waals surface area (Å²) in [5.41, 5.74) is 1.01. The summed E-state index contributed by atoms with van der Waals surface area (Å²) in [6.45, 7) is 1.26. The van der Waals surface area contributed by atoms with E-state index in [2.05, 4.69) is 0 Å². The number of nitrogens with zero attached hydrogens (tertiary/aromatic N) is 2. The van der Waals surface area contributed by atoms with Crippen LogP contribution in [-0.2, 0) is 16.2 Å². The van der Waals surface area contributed by atoms with Crippen LogP contribution in [0, 0.1) is 0 Å². The van der Waals surface area contributed by atoms with E-state index in [1.54, 1.807) is 36.3 Å². The predicted molar refractivity (Wildman–Crippen MR) is 94.3 cm³/mol. The SMILES string of the molecule is COc1cccc(C(=O)N2CC3(CC(=O)N(Cc4ccccc4)O3)C2)c1. The minimum absolute atomic E-state index is 0.0395. The normalized spacial score (nSPS) is 18.1. The molecule has 0 saturated carbocycles. The first-order valence-corrected chi connectivity index (χ1v) is 8.55. The molecule has 6 heteroatoms. The van der Waals surface area contributed by atoms with Gasteiger partial charge >= 0.3 is 0 Å². The van der Waals surface area contributed by atoms with Crippen LogP contribution in [0.5, 0.6) is 5.75 Å². The lowest BCUT2D eigenvalue weighted by atomic mass is 9.90. The second kappa shape index (κ2) is 6.46. The smallest absolute Gasteiger partial charge is 0.254 e. The van der Waals surface area contributed by atoms with Gasteiger partial charge in [0.2, 0.25) is 5.91 Å². The van der Waals surface area contributed by atoms with Crippen LogP contribution < -0.4 is 4.74 Å². The number of rotatable bonds is 4. The Morgan fingerprint density at radius 3 is 2.65 bits per heavy atom. The van der Waals surface area contributed by atoms with Gasteiger partial charge in [0, 0.05) is 5.56 Å². The highest BCUT2D eigenvalue weighted by molar-refractivity contribution is 5.95. The molecular weight excluding hydrogens is 332 g/mol. The van der Waals surface area contributed by atoms with Gasteiger partial charge in [-0.15, -0.1) is 0 Å². The molecule has 6 nitrogen and oxygen atoms in total. The molecule has 0 bridgehead atoms. The van der Waals surface area contributed by atoms with E-state index in [1.807, 2.05) is 30.3 Å². The topological polar surface area (TPSA) is 59.1 Å². The molecule has 0 aromatic heterocycles. The Bertz CT molecular complexity index is 831. The summed E-state index contributed by atoms with van der Waals surface area (Å²) in [5.74, 6) is 0.529. The molecule has 26 heavy (non-hydrogen) atoms. The molecule has 134 valence electrons. The molecule has 2 aromatic rings. The Morgan fingerprint density at radius 1 is 1.15 bits per heavy atom. The molecule has 0 radical (unpaired) electrons. The standard InChI is InChI=1S/C20H20N2O4/c1-25-17-9-5-8-16(10-17)19(24)21-13-20(14-21)11-18(23)22(26-20)12-15-6-3-2-4-7-15/h2-10H,11-14H2,1H3. The van der Waals surface area contributed by atoms with Crippen molar-refractivity contribution in [2.24, 2.45) is 0 Å². The highest BCUT2D eigenvalue weighted by Crippen LogP contribution is 2.37. The van der Waals surface area contributed by atoms with Gasteiger partial charge in [-0.2, -0.15) is 0 Å². The van der Waals surface area contributed by atoms with Crippen molar-refractivity contribution in [1.29, 1.82) is 0 Å².